The Morgan fingerprint density at radius 1 is 1.26 bits per heavy atom. The molecule has 27 heavy (non-hydrogen) atoms. The van der Waals surface area contributed by atoms with Gasteiger partial charge in [0.15, 0.2) is 0 Å². The normalized spacial score (nSPS) is 18.0. The standard InChI is InChI=1S/C18H21F3N2O3S/c1-17(2,3)22-16(25)13-10-27-11-23(13)15(24)9-8-12-6-4-5-7-14(12)26-18(19,20)21/h4-9,13H,10-11H2,1-3H3,(H,22,25)/b9-8+. The predicted molar refractivity (Wildman–Crippen MR) is 98.0 cm³/mol. The first-order valence-corrected chi connectivity index (χ1v) is 9.35. The predicted octanol–water partition coefficient (Wildman–Crippen LogP) is 3.41. The van der Waals surface area contributed by atoms with Gasteiger partial charge in [0.25, 0.3) is 0 Å². The zero-order valence-electron chi connectivity index (χ0n) is 15.2. The first-order valence-electron chi connectivity index (χ1n) is 8.19. The van der Waals surface area contributed by atoms with Crippen LogP contribution in [-0.2, 0) is 9.59 Å². The van der Waals surface area contributed by atoms with Crippen LogP contribution in [0.2, 0.25) is 0 Å². The van der Waals surface area contributed by atoms with Crippen LogP contribution < -0.4 is 10.1 Å². The van der Waals surface area contributed by atoms with E-state index in [1.165, 1.54) is 40.9 Å². The molecule has 1 fully saturated rings. The molecule has 1 aromatic carbocycles. The molecule has 1 N–H and O–H groups in total. The van der Waals surface area contributed by atoms with Crippen LogP contribution in [0.25, 0.3) is 6.08 Å². The summed E-state index contributed by atoms with van der Waals surface area (Å²) in [6, 6.07) is 4.91. The molecule has 1 unspecified atom stereocenters. The van der Waals surface area contributed by atoms with Crippen LogP contribution in [0.1, 0.15) is 26.3 Å². The summed E-state index contributed by atoms with van der Waals surface area (Å²) >= 11 is 1.44. The van der Waals surface area contributed by atoms with Gasteiger partial charge in [-0.1, -0.05) is 18.2 Å². The minimum atomic E-state index is -4.82. The average Bonchev–Trinajstić information content (AvgIpc) is 3.00. The second kappa shape index (κ2) is 8.24. The summed E-state index contributed by atoms with van der Waals surface area (Å²) in [5.41, 5.74) is -0.311. The molecular weight excluding hydrogens is 381 g/mol. The lowest BCUT2D eigenvalue weighted by Crippen LogP contribution is -2.52. The minimum absolute atomic E-state index is 0.116. The first-order chi connectivity index (χ1) is 12.5. The molecule has 1 aromatic rings. The Kier molecular flexibility index (Phi) is 6.46. The Morgan fingerprint density at radius 2 is 1.93 bits per heavy atom. The topological polar surface area (TPSA) is 58.6 Å². The maximum absolute atomic E-state index is 12.5. The number of para-hydroxylation sites is 1. The third-order valence-electron chi connectivity index (χ3n) is 3.52. The molecule has 9 heteroatoms. The van der Waals surface area contributed by atoms with Crippen LogP contribution in [0.4, 0.5) is 13.2 Å². The number of rotatable bonds is 4. The number of carbonyl (C=O) groups is 2. The van der Waals surface area contributed by atoms with Gasteiger partial charge in [0.05, 0.1) is 5.88 Å². The number of amides is 2. The van der Waals surface area contributed by atoms with Gasteiger partial charge in [-0.2, -0.15) is 0 Å². The Morgan fingerprint density at radius 3 is 2.56 bits per heavy atom. The maximum atomic E-state index is 12.5. The van der Waals surface area contributed by atoms with Gasteiger partial charge < -0.3 is 15.0 Å². The van der Waals surface area contributed by atoms with Crippen molar-refractivity contribution in [2.45, 2.75) is 38.7 Å². The molecule has 0 saturated carbocycles. The second-order valence-electron chi connectivity index (χ2n) is 6.98. The van der Waals surface area contributed by atoms with E-state index < -0.39 is 29.6 Å². The molecule has 2 rings (SSSR count). The smallest absolute Gasteiger partial charge is 0.405 e. The highest BCUT2D eigenvalue weighted by Gasteiger charge is 2.35. The van der Waals surface area contributed by atoms with E-state index in [1.807, 2.05) is 20.8 Å². The van der Waals surface area contributed by atoms with Gasteiger partial charge in [0.1, 0.15) is 11.8 Å². The molecule has 1 atom stereocenters. The summed E-state index contributed by atoms with van der Waals surface area (Å²) in [6.07, 6.45) is -2.41. The van der Waals surface area contributed by atoms with E-state index in [4.69, 9.17) is 0 Å². The fraction of sp³-hybridized carbons (Fsp3) is 0.444. The van der Waals surface area contributed by atoms with Gasteiger partial charge in [-0.25, -0.2) is 0 Å². The van der Waals surface area contributed by atoms with Gasteiger partial charge in [-0.05, 0) is 32.9 Å². The van der Waals surface area contributed by atoms with Gasteiger partial charge in [0, 0.05) is 22.9 Å². The van der Waals surface area contributed by atoms with E-state index in [2.05, 4.69) is 10.1 Å². The van der Waals surface area contributed by atoms with Gasteiger partial charge in [0.2, 0.25) is 11.8 Å². The van der Waals surface area contributed by atoms with Crippen LogP contribution in [0, 0.1) is 0 Å². The van der Waals surface area contributed by atoms with Gasteiger partial charge in [-0.15, -0.1) is 24.9 Å². The summed E-state index contributed by atoms with van der Waals surface area (Å²) in [5, 5.41) is 2.84. The quantitative estimate of drug-likeness (QED) is 0.785. The van der Waals surface area contributed by atoms with E-state index >= 15 is 0 Å². The lowest BCUT2D eigenvalue weighted by atomic mass is 10.1. The van der Waals surface area contributed by atoms with Gasteiger partial charge in [-0.3, -0.25) is 9.59 Å². The Labute approximate surface area is 159 Å². The zero-order valence-corrected chi connectivity index (χ0v) is 16.0. The molecule has 1 heterocycles. The highest BCUT2D eigenvalue weighted by molar-refractivity contribution is 7.99. The van der Waals surface area contributed by atoms with Crippen molar-refractivity contribution in [3.05, 3.63) is 35.9 Å². The molecule has 0 radical (unpaired) electrons. The van der Waals surface area contributed by atoms with Crippen LogP contribution >= 0.6 is 11.8 Å². The second-order valence-corrected chi connectivity index (χ2v) is 7.98. The van der Waals surface area contributed by atoms with Crippen LogP contribution in [0.5, 0.6) is 5.75 Å². The number of hydrogen-bond donors (Lipinski definition) is 1. The third-order valence-corrected chi connectivity index (χ3v) is 4.53. The Hall–Kier alpha value is -2.16. The zero-order chi connectivity index (χ0) is 20.2. The fourth-order valence-electron chi connectivity index (χ4n) is 2.42. The molecular formula is C18H21F3N2O3S. The Bertz CT molecular complexity index is 729. The first kappa shape index (κ1) is 21.1. The van der Waals surface area contributed by atoms with Crippen molar-refractivity contribution in [2.24, 2.45) is 0 Å². The minimum Gasteiger partial charge on any atom is -0.405 e. The van der Waals surface area contributed by atoms with Crippen LogP contribution in [0.3, 0.4) is 0 Å². The molecule has 5 nitrogen and oxygen atoms in total. The van der Waals surface area contributed by atoms with E-state index in [1.54, 1.807) is 6.07 Å². The summed E-state index contributed by atoms with van der Waals surface area (Å²) < 4.78 is 41.4. The molecule has 0 aromatic heterocycles. The van der Waals surface area contributed by atoms with Crippen molar-refractivity contribution >= 4 is 29.7 Å². The molecule has 2 amide bonds. The average molecular weight is 402 g/mol. The molecule has 0 bridgehead atoms. The molecule has 1 aliphatic heterocycles. The summed E-state index contributed by atoms with van der Waals surface area (Å²) in [6.45, 7) is 5.53. The van der Waals surface area contributed by atoms with Crippen molar-refractivity contribution in [1.29, 1.82) is 0 Å². The lowest BCUT2D eigenvalue weighted by molar-refractivity contribution is -0.274. The van der Waals surface area contributed by atoms with Crippen molar-refractivity contribution < 1.29 is 27.5 Å². The van der Waals surface area contributed by atoms with Crippen molar-refractivity contribution in [1.82, 2.24) is 10.2 Å². The number of alkyl halides is 3. The number of benzene rings is 1. The highest BCUT2D eigenvalue weighted by Crippen LogP contribution is 2.27. The van der Waals surface area contributed by atoms with Gasteiger partial charge >= 0.3 is 6.36 Å². The number of nitrogens with one attached hydrogen (secondary N) is 1. The summed E-state index contributed by atoms with van der Waals surface area (Å²) in [7, 11) is 0. The molecule has 0 aliphatic carbocycles. The highest BCUT2D eigenvalue weighted by atomic mass is 32.2. The number of halogens is 3. The molecule has 1 aliphatic rings. The monoisotopic (exact) mass is 402 g/mol. The SMILES string of the molecule is CC(C)(C)NC(=O)C1CSCN1C(=O)/C=C/c1ccccc1OC(F)(F)F. The Balaban J connectivity index is 2.11. The fourth-order valence-corrected chi connectivity index (χ4v) is 3.59. The number of nitrogens with zero attached hydrogens (tertiary/aromatic N) is 1. The number of ether oxygens (including phenoxy) is 1. The summed E-state index contributed by atoms with van der Waals surface area (Å²) in [5.74, 6) is -0.292. The van der Waals surface area contributed by atoms with E-state index in [-0.39, 0.29) is 11.5 Å². The van der Waals surface area contributed by atoms with E-state index in [0.717, 1.165) is 6.08 Å². The number of thioether (sulfide) groups is 1. The third kappa shape index (κ3) is 6.50. The van der Waals surface area contributed by atoms with Crippen molar-refractivity contribution in [2.75, 3.05) is 11.6 Å². The maximum Gasteiger partial charge on any atom is 0.573 e. The molecule has 0 spiro atoms. The summed E-state index contributed by atoms with van der Waals surface area (Å²) in [4.78, 5) is 26.3. The number of hydrogen-bond acceptors (Lipinski definition) is 4. The number of carbonyl (C=O) groups excluding carboxylic acids is 2. The van der Waals surface area contributed by atoms with Crippen molar-refractivity contribution in [3.63, 3.8) is 0 Å². The van der Waals surface area contributed by atoms with Crippen LogP contribution in [-0.4, -0.2) is 46.3 Å². The lowest BCUT2D eigenvalue weighted by Gasteiger charge is -2.27. The molecule has 1 saturated heterocycles. The van der Waals surface area contributed by atoms with Crippen LogP contribution in [0.15, 0.2) is 30.3 Å². The van der Waals surface area contributed by atoms with Crippen molar-refractivity contribution in [3.8, 4) is 5.75 Å². The van der Waals surface area contributed by atoms with E-state index in [9.17, 15) is 22.8 Å². The largest absolute Gasteiger partial charge is 0.573 e. The molecule has 148 valence electrons. The van der Waals surface area contributed by atoms with E-state index in [0.29, 0.717) is 11.6 Å².